The molecule has 0 heterocycles. The number of hydrogen-bond donors (Lipinski definition) is 1. The van der Waals surface area contributed by atoms with E-state index in [0.29, 0.717) is 6.04 Å². The van der Waals surface area contributed by atoms with Crippen molar-refractivity contribution in [2.75, 3.05) is 6.54 Å². The van der Waals surface area contributed by atoms with Gasteiger partial charge >= 0.3 is 0 Å². The van der Waals surface area contributed by atoms with Crippen molar-refractivity contribution in [3.05, 3.63) is 70.7 Å². The van der Waals surface area contributed by atoms with Crippen LogP contribution in [0.5, 0.6) is 0 Å². The highest BCUT2D eigenvalue weighted by Crippen LogP contribution is 2.22. The first kappa shape index (κ1) is 16.1. The Kier molecular flexibility index (Phi) is 5.44. The van der Waals surface area contributed by atoms with Crippen LogP contribution in [0.25, 0.3) is 0 Å². The molecule has 21 heavy (non-hydrogen) atoms. The van der Waals surface area contributed by atoms with Crippen LogP contribution in [0, 0.1) is 0 Å². The van der Waals surface area contributed by atoms with E-state index in [1.165, 1.54) is 11.1 Å². The minimum absolute atomic E-state index is 0.134. The fraction of sp³-hybridized carbons (Fsp3) is 0.368. The van der Waals surface area contributed by atoms with Gasteiger partial charge in [0, 0.05) is 23.0 Å². The molecule has 0 aliphatic rings. The lowest BCUT2D eigenvalue weighted by Gasteiger charge is -2.28. The molecule has 0 saturated carbocycles. The van der Waals surface area contributed by atoms with E-state index in [4.69, 9.17) is 11.6 Å². The Morgan fingerprint density at radius 2 is 1.62 bits per heavy atom. The van der Waals surface area contributed by atoms with Gasteiger partial charge in [0.05, 0.1) is 0 Å². The lowest BCUT2D eigenvalue weighted by Crippen LogP contribution is -2.38. The number of rotatable bonds is 6. The summed E-state index contributed by atoms with van der Waals surface area (Å²) in [6.45, 7) is 7.76. The summed E-state index contributed by atoms with van der Waals surface area (Å²) >= 11 is 5.92. The summed E-state index contributed by atoms with van der Waals surface area (Å²) in [6, 6.07) is 19.2. The van der Waals surface area contributed by atoms with Gasteiger partial charge in [-0.15, -0.1) is 0 Å². The largest absolute Gasteiger partial charge is 0.313 e. The number of nitrogens with one attached hydrogen (secondary N) is 1. The molecule has 0 saturated heterocycles. The van der Waals surface area contributed by atoms with E-state index < -0.39 is 0 Å². The Labute approximate surface area is 133 Å². The van der Waals surface area contributed by atoms with Crippen LogP contribution in [0.3, 0.4) is 0 Å². The van der Waals surface area contributed by atoms with Crippen molar-refractivity contribution in [1.29, 1.82) is 0 Å². The first-order chi connectivity index (χ1) is 9.97. The van der Waals surface area contributed by atoms with Crippen molar-refractivity contribution in [3.8, 4) is 0 Å². The predicted octanol–water partition coefficient (Wildman–Crippen LogP) is 4.84. The summed E-state index contributed by atoms with van der Waals surface area (Å²) in [7, 11) is 0. The molecule has 0 fully saturated rings. The molecule has 0 bridgehead atoms. The second-order valence-electron chi connectivity index (χ2n) is 6.36. The second kappa shape index (κ2) is 7.11. The van der Waals surface area contributed by atoms with Gasteiger partial charge in [-0.1, -0.05) is 67.9 Å². The molecule has 0 aliphatic carbocycles. The Hall–Kier alpha value is -1.31. The monoisotopic (exact) mass is 301 g/mol. The molecule has 0 amide bonds. The molecule has 2 rings (SSSR count). The summed E-state index contributed by atoms with van der Waals surface area (Å²) in [5.74, 6) is 0. The molecule has 0 aliphatic heterocycles. The maximum atomic E-state index is 5.92. The maximum Gasteiger partial charge on any atom is 0.0406 e. The topological polar surface area (TPSA) is 12.0 Å². The Morgan fingerprint density at radius 1 is 1.00 bits per heavy atom. The normalized spacial score (nSPS) is 13.1. The van der Waals surface area contributed by atoms with Crippen molar-refractivity contribution in [2.24, 2.45) is 0 Å². The van der Waals surface area contributed by atoms with E-state index in [2.05, 4.69) is 68.6 Å². The van der Waals surface area contributed by atoms with Gasteiger partial charge in [-0.25, -0.2) is 0 Å². The van der Waals surface area contributed by atoms with E-state index in [1.807, 2.05) is 12.1 Å². The summed E-state index contributed by atoms with van der Waals surface area (Å²) in [5.41, 5.74) is 2.82. The predicted molar refractivity (Wildman–Crippen MR) is 92.1 cm³/mol. The SMILES string of the molecule is CC(Cc1ccc(Cl)cc1)NCC(C)(C)c1ccccc1. The Bertz CT molecular complexity index is 546. The van der Waals surface area contributed by atoms with E-state index in [1.54, 1.807) is 0 Å². The number of benzene rings is 2. The summed E-state index contributed by atoms with van der Waals surface area (Å²) in [5, 5.41) is 4.45. The Balaban J connectivity index is 1.88. The lowest BCUT2D eigenvalue weighted by atomic mass is 9.84. The highest BCUT2D eigenvalue weighted by Gasteiger charge is 2.20. The van der Waals surface area contributed by atoms with Gasteiger partial charge in [0.25, 0.3) is 0 Å². The van der Waals surface area contributed by atoms with Crippen LogP contribution in [-0.2, 0) is 11.8 Å². The van der Waals surface area contributed by atoms with Crippen LogP contribution in [0.15, 0.2) is 54.6 Å². The van der Waals surface area contributed by atoms with Crippen LogP contribution in [0.2, 0.25) is 5.02 Å². The van der Waals surface area contributed by atoms with Crippen molar-refractivity contribution in [3.63, 3.8) is 0 Å². The van der Waals surface area contributed by atoms with Crippen molar-refractivity contribution < 1.29 is 0 Å². The summed E-state index contributed by atoms with van der Waals surface area (Å²) in [4.78, 5) is 0. The number of hydrogen-bond acceptors (Lipinski definition) is 1. The zero-order valence-corrected chi connectivity index (χ0v) is 13.8. The molecule has 2 aromatic rings. The fourth-order valence-corrected chi connectivity index (χ4v) is 2.59. The van der Waals surface area contributed by atoms with Gasteiger partial charge in [-0.3, -0.25) is 0 Å². The van der Waals surface area contributed by atoms with Gasteiger partial charge in [-0.05, 0) is 36.6 Å². The molecule has 0 spiro atoms. The van der Waals surface area contributed by atoms with Crippen molar-refractivity contribution in [2.45, 2.75) is 38.6 Å². The maximum absolute atomic E-state index is 5.92. The van der Waals surface area contributed by atoms with Crippen LogP contribution in [0.4, 0.5) is 0 Å². The van der Waals surface area contributed by atoms with Gasteiger partial charge in [0.15, 0.2) is 0 Å². The van der Waals surface area contributed by atoms with Crippen LogP contribution in [-0.4, -0.2) is 12.6 Å². The quantitative estimate of drug-likeness (QED) is 0.805. The highest BCUT2D eigenvalue weighted by atomic mass is 35.5. The lowest BCUT2D eigenvalue weighted by molar-refractivity contribution is 0.428. The minimum Gasteiger partial charge on any atom is -0.313 e. The van der Waals surface area contributed by atoms with Crippen molar-refractivity contribution in [1.82, 2.24) is 5.32 Å². The third kappa shape index (κ3) is 4.87. The smallest absolute Gasteiger partial charge is 0.0406 e. The molecule has 0 radical (unpaired) electrons. The standard InChI is InChI=1S/C19H24ClN/c1-15(13-16-9-11-18(20)12-10-16)21-14-19(2,3)17-7-5-4-6-8-17/h4-12,15,21H,13-14H2,1-3H3. The van der Waals surface area contributed by atoms with E-state index in [9.17, 15) is 0 Å². The first-order valence-electron chi connectivity index (χ1n) is 7.51. The average Bonchev–Trinajstić information content (AvgIpc) is 2.49. The average molecular weight is 302 g/mol. The second-order valence-corrected chi connectivity index (χ2v) is 6.80. The highest BCUT2D eigenvalue weighted by molar-refractivity contribution is 6.30. The van der Waals surface area contributed by atoms with E-state index in [-0.39, 0.29) is 5.41 Å². The molecule has 2 heteroatoms. The zero-order valence-electron chi connectivity index (χ0n) is 13.1. The fourth-order valence-electron chi connectivity index (χ4n) is 2.47. The van der Waals surface area contributed by atoms with Crippen LogP contribution >= 0.6 is 11.6 Å². The Morgan fingerprint density at radius 3 is 2.24 bits per heavy atom. The van der Waals surface area contributed by atoms with E-state index in [0.717, 1.165) is 18.0 Å². The van der Waals surface area contributed by atoms with Gasteiger partial charge < -0.3 is 5.32 Å². The van der Waals surface area contributed by atoms with Crippen LogP contribution < -0.4 is 5.32 Å². The summed E-state index contributed by atoms with van der Waals surface area (Å²) < 4.78 is 0. The molecule has 0 aromatic heterocycles. The molecule has 1 unspecified atom stereocenters. The zero-order chi connectivity index (χ0) is 15.3. The molecule has 1 nitrogen and oxygen atoms in total. The third-order valence-electron chi connectivity index (χ3n) is 3.90. The minimum atomic E-state index is 0.134. The molecule has 2 aromatic carbocycles. The van der Waals surface area contributed by atoms with Gasteiger partial charge in [0.1, 0.15) is 0 Å². The first-order valence-corrected chi connectivity index (χ1v) is 7.88. The van der Waals surface area contributed by atoms with Crippen molar-refractivity contribution >= 4 is 11.6 Å². The molecule has 1 atom stereocenters. The van der Waals surface area contributed by atoms with Crippen LogP contribution in [0.1, 0.15) is 31.9 Å². The van der Waals surface area contributed by atoms with Gasteiger partial charge in [0.2, 0.25) is 0 Å². The summed E-state index contributed by atoms with van der Waals surface area (Å²) in [6.07, 6.45) is 1.02. The molecule has 1 N–H and O–H groups in total. The third-order valence-corrected chi connectivity index (χ3v) is 4.15. The van der Waals surface area contributed by atoms with Gasteiger partial charge in [-0.2, -0.15) is 0 Å². The molecule has 112 valence electrons. The van der Waals surface area contributed by atoms with E-state index >= 15 is 0 Å². The number of halogens is 1. The molecular formula is C19H24ClN. The molecular weight excluding hydrogens is 278 g/mol.